The van der Waals surface area contributed by atoms with Gasteiger partial charge in [-0.15, -0.1) is 11.3 Å². The molecule has 1 aromatic heterocycles. The second kappa shape index (κ2) is 5.44. The zero-order valence-electron chi connectivity index (χ0n) is 10.3. The quantitative estimate of drug-likeness (QED) is 0.898. The van der Waals surface area contributed by atoms with Gasteiger partial charge in [-0.1, -0.05) is 0 Å². The average molecular weight is 257 g/mol. The van der Waals surface area contributed by atoms with Gasteiger partial charge < -0.3 is 14.6 Å². The Balaban J connectivity index is 2.24. The number of thiazole rings is 1. The monoisotopic (exact) mass is 257 g/mol. The van der Waals surface area contributed by atoms with Gasteiger partial charge in [0.2, 0.25) is 0 Å². The first kappa shape index (κ1) is 13.0. The van der Waals surface area contributed by atoms with E-state index in [2.05, 4.69) is 4.98 Å². The lowest BCUT2D eigenvalue weighted by Crippen LogP contribution is -2.36. The van der Waals surface area contributed by atoms with Crippen LogP contribution in [0, 0.1) is 0 Å². The van der Waals surface area contributed by atoms with Crippen LogP contribution in [0.4, 0.5) is 0 Å². The predicted molar refractivity (Wildman–Crippen MR) is 66.1 cm³/mol. The SMILES string of the molecule is CCOC1(c2nc(C(C)O)cs2)CCOCC1. The third kappa shape index (κ3) is 2.68. The first-order valence-corrected chi connectivity index (χ1v) is 6.91. The maximum absolute atomic E-state index is 9.53. The van der Waals surface area contributed by atoms with Crippen LogP contribution in [0.3, 0.4) is 0 Å². The van der Waals surface area contributed by atoms with E-state index in [4.69, 9.17) is 9.47 Å². The molecule has 1 fully saturated rings. The molecule has 5 heteroatoms. The molecule has 1 aliphatic heterocycles. The van der Waals surface area contributed by atoms with E-state index in [-0.39, 0.29) is 5.60 Å². The lowest BCUT2D eigenvalue weighted by atomic mass is 9.95. The summed E-state index contributed by atoms with van der Waals surface area (Å²) in [5.41, 5.74) is 0.431. The van der Waals surface area contributed by atoms with Gasteiger partial charge in [0.25, 0.3) is 0 Å². The van der Waals surface area contributed by atoms with E-state index >= 15 is 0 Å². The molecule has 1 aromatic rings. The summed E-state index contributed by atoms with van der Waals surface area (Å²) < 4.78 is 11.3. The van der Waals surface area contributed by atoms with Crippen LogP contribution >= 0.6 is 11.3 Å². The molecule has 0 aromatic carbocycles. The second-order valence-corrected chi connectivity index (χ2v) is 5.15. The molecule has 1 unspecified atom stereocenters. The van der Waals surface area contributed by atoms with E-state index in [1.54, 1.807) is 18.3 Å². The topological polar surface area (TPSA) is 51.6 Å². The first-order valence-electron chi connectivity index (χ1n) is 6.03. The Morgan fingerprint density at radius 1 is 1.59 bits per heavy atom. The van der Waals surface area contributed by atoms with Crippen molar-refractivity contribution in [3.63, 3.8) is 0 Å². The highest BCUT2D eigenvalue weighted by molar-refractivity contribution is 7.09. The number of aliphatic hydroxyl groups excluding tert-OH is 1. The Morgan fingerprint density at radius 3 is 2.82 bits per heavy atom. The third-order valence-electron chi connectivity index (χ3n) is 3.06. The van der Waals surface area contributed by atoms with Gasteiger partial charge in [0.05, 0.1) is 11.8 Å². The van der Waals surface area contributed by atoms with Crippen LogP contribution in [0.2, 0.25) is 0 Å². The molecule has 1 saturated heterocycles. The van der Waals surface area contributed by atoms with Crippen molar-refractivity contribution >= 4 is 11.3 Å². The summed E-state index contributed by atoms with van der Waals surface area (Å²) in [5, 5.41) is 12.4. The fraction of sp³-hybridized carbons (Fsp3) is 0.750. The fourth-order valence-corrected chi connectivity index (χ4v) is 3.20. The van der Waals surface area contributed by atoms with E-state index in [0.717, 1.165) is 23.5 Å². The summed E-state index contributed by atoms with van der Waals surface area (Å²) >= 11 is 1.57. The molecule has 0 saturated carbocycles. The standard InChI is InChI=1S/C12H19NO3S/c1-3-16-12(4-6-15-7-5-12)11-13-10(8-17-11)9(2)14/h8-9,14H,3-7H2,1-2H3. The van der Waals surface area contributed by atoms with Crippen LogP contribution in [0.1, 0.15) is 43.5 Å². The second-order valence-electron chi connectivity index (χ2n) is 4.29. The zero-order chi connectivity index (χ0) is 12.3. The molecule has 1 aliphatic rings. The van der Waals surface area contributed by atoms with Crippen molar-refractivity contribution in [1.29, 1.82) is 0 Å². The minimum atomic E-state index is -0.515. The molecule has 0 radical (unpaired) electrons. The van der Waals surface area contributed by atoms with E-state index in [0.29, 0.717) is 19.8 Å². The molecule has 1 atom stereocenters. The molecule has 96 valence electrons. The number of nitrogens with zero attached hydrogens (tertiary/aromatic N) is 1. The van der Waals surface area contributed by atoms with Gasteiger partial charge in [-0.3, -0.25) is 0 Å². The largest absolute Gasteiger partial charge is 0.387 e. The van der Waals surface area contributed by atoms with Crippen molar-refractivity contribution in [2.45, 2.75) is 38.4 Å². The van der Waals surface area contributed by atoms with Crippen molar-refractivity contribution < 1.29 is 14.6 Å². The summed E-state index contributed by atoms with van der Waals surface area (Å²) in [7, 11) is 0. The van der Waals surface area contributed by atoms with Gasteiger partial charge >= 0.3 is 0 Å². The fourth-order valence-electron chi connectivity index (χ4n) is 2.08. The van der Waals surface area contributed by atoms with Crippen molar-refractivity contribution in [2.75, 3.05) is 19.8 Å². The van der Waals surface area contributed by atoms with Crippen LogP contribution in [0.15, 0.2) is 5.38 Å². The maximum atomic E-state index is 9.53. The number of rotatable bonds is 4. The highest BCUT2D eigenvalue weighted by atomic mass is 32.1. The summed E-state index contributed by atoms with van der Waals surface area (Å²) in [4.78, 5) is 4.51. The molecule has 1 N–H and O–H groups in total. The summed E-state index contributed by atoms with van der Waals surface area (Å²) in [6.45, 7) is 5.83. The Hall–Kier alpha value is -0.490. The molecule has 2 heterocycles. The van der Waals surface area contributed by atoms with Crippen molar-refractivity contribution in [2.24, 2.45) is 0 Å². The Bertz CT molecular complexity index is 353. The summed E-state index contributed by atoms with van der Waals surface area (Å²) in [6.07, 6.45) is 1.17. The Morgan fingerprint density at radius 2 is 2.29 bits per heavy atom. The average Bonchev–Trinajstić information content (AvgIpc) is 2.80. The highest BCUT2D eigenvalue weighted by Gasteiger charge is 2.38. The summed E-state index contributed by atoms with van der Waals surface area (Å²) in [5.74, 6) is 0. The normalized spacial score (nSPS) is 21.4. The van der Waals surface area contributed by atoms with E-state index in [9.17, 15) is 5.11 Å². The van der Waals surface area contributed by atoms with Crippen LogP contribution < -0.4 is 0 Å². The van der Waals surface area contributed by atoms with E-state index in [1.807, 2.05) is 12.3 Å². The maximum Gasteiger partial charge on any atom is 0.125 e. The van der Waals surface area contributed by atoms with E-state index < -0.39 is 6.10 Å². The molecular weight excluding hydrogens is 238 g/mol. The molecule has 0 bridgehead atoms. The summed E-state index contributed by atoms with van der Waals surface area (Å²) in [6, 6.07) is 0. The minimum absolute atomic E-state index is 0.301. The van der Waals surface area contributed by atoms with Crippen LogP contribution in [-0.2, 0) is 15.1 Å². The number of aliphatic hydroxyl groups is 1. The third-order valence-corrected chi connectivity index (χ3v) is 4.11. The van der Waals surface area contributed by atoms with E-state index in [1.165, 1.54) is 0 Å². The van der Waals surface area contributed by atoms with Crippen molar-refractivity contribution in [3.8, 4) is 0 Å². The molecule has 2 rings (SSSR count). The smallest absolute Gasteiger partial charge is 0.125 e. The lowest BCUT2D eigenvalue weighted by Gasteiger charge is -2.35. The lowest BCUT2D eigenvalue weighted by molar-refractivity contribution is -0.113. The molecular formula is C12H19NO3S. The van der Waals surface area contributed by atoms with Gasteiger partial charge in [-0.2, -0.15) is 0 Å². The molecule has 17 heavy (non-hydrogen) atoms. The van der Waals surface area contributed by atoms with Gasteiger partial charge in [-0.25, -0.2) is 4.98 Å². The van der Waals surface area contributed by atoms with Gasteiger partial charge in [-0.05, 0) is 13.8 Å². The number of hydrogen-bond acceptors (Lipinski definition) is 5. The Labute approximate surface area is 106 Å². The molecule has 0 spiro atoms. The van der Waals surface area contributed by atoms with Gasteiger partial charge in [0, 0.05) is 38.0 Å². The van der Waals surface area contributed by atoms with Crippen LogP contribution in [-0.4, -0.2) is 29.9 Å². The van der Waals surface area contributed by atoms with Crippen molar-refractivity contribution in [1.82, 2.24) is 4.98 Å². The number of hydrogen-bond donors (Lipinski definition) is 1. The van der Waals surface area contributed by atoms with Crippen molar-refractivity contribution in [3.05, 3.63) is 16.1 Å². The molecule has 4 nitrogen and oxygen atoms in total. The van der Waals surface area contributed by atoms with Gasteiger partial charge in [0.1, 0.15) is 10.6 Å². The first-order chi connectivity index (χ1) is 8.18. The Kier molecular flexibility index (Phi) is 4.14. The van der Waals surface area contributed by atoms with Gasteiger partial charge in [0.15, 0.2) is 0 Å². The van der Waals surface area contributed by atoms with Crippen LogP contribution in [0.5, 0.6) is 0 Å². The number of aromatic nitrogens is 1. The molecule has 0 amide bonds. The highest BCUT2D eigenvalue weighted by Crippen LogP contribution is 2.38. The molecule has 0 aliphatic carbocycles. The number of ether oxygens (including phenoxy) is 2. The predicted octanol–water partition coefficient (Wildman–Crippen LogP) is 2.24. The van der Waals surface area contributed by atoms with Crippen LogP contribution in [0.25, 0.3) is 0 Å². The minimum Gasteiger partial charge on any atom is -0.387 e. The zero-order valence-corrected chi connectivity index (χ0v) is 11.1.